The Bertz CT molecular complexity index is 777. The number of carbonyl (C=O) groups is 1. The molecule has 0 aliphatic heterocycles. The van der Waals surface area contributed by atoms with Crippen LogP contribution in [0.1, 0.15) is 48.2 Å². The maximum atomic E-state index is 12.4. The minimum atomic E-state index is 0.162. The van der Waals surface area contributed by atoms with Crippen molar-refractivity contribution in [2.45, 2.75) is 33.1 Å². The van der Waals surface area contributed by atoms with Gasteiger partial charge in [-0.1, -0.05) is 86.7 Å². The molecule has 1 nitrogen and oxygen atoms in total. The van der Waals surface area contributed by atoms with Gasteiger partial charge in [-0.15, -0.1) is 0 Å². The normalized spacial score (nSPS) is 16.6. The van der Waals surface area contributed by atoms with Gasteiger partial charge in [0, 0.05) is 12.0 Å². The van der Waals surface area contributed by atoms with Crippen molar-refractivity contribution in [3.05, 3.63) is 89.5 Å². The third-order valence-corrected chi connectivity index (χ3v) is 4.54. The van der Waals surface area contributed by atoms with E-state index in [-0.39, 0.29) is 11.2 Å². The number of hydrogen-bond donors (Lipinski definition) is 0. The average molecular weight is 316 g/mol. The fourth-order valence-corrected chi connectivity index (χ4v) is 3.48. The van der Waals surface area contributed by atoms with Crippen molar-refractivity contribution in [1.82, 2.24) is 0 Å². The molecule has 3 rings (SSSR count). The zero-order valence-corrected chi connectivity index (χ0v) is 14.5. The Balaban J connectivity index is 1.76. The fraction of sp³-hybridized carbons (Fsp3) is 0.261. The van der Waals surface area contributed by atoms with E-state index in [1.807, 2.05) is 42.5 Å². The zero-order valence-electron chi connectivity index (χ0n) is 14.5. The highest BCUT2D eigenvalue weighted by Crippen LogP contribution is 2.41. The second-order valence-electron chi connectivity index (χ2n) is 7.51. The van der Waals surface area contributed by atoms with Gasteiger partial charge in [-0.2, -0.15) is 0 Å². The first-order valence-electron chi connectivity index (χ1n) is 8.49. The predicted molar refractivity (Wildman–Crippen MR) is 101 cm³/mol. The molecule has 0 heterocycles. The summed E-state index contributed by atoms with van der Waals surface area (Å²) in [5, 5.41) is 0. The summed E-state index contributed by atoms with van der Waals surface area (Å²) in [5.74, 6) is 0.162. The highest BCUT2D eigenvalue weighted by Gasteiger charge is 2.25. The molecule has 1 aliphatic carbocycles. The quantitative estimate of drug-likeness (QED) is 0.644. The summed E-state index contributed by atoms with van der Waals surface area (Å²) in [5.41, 5.74) is 5.78. The van der Waals surface area contributed by atoms with Gasteiger partial charge in [0.1, 0.15) is 0 Å². The minimum absolute atomic E-state index is 0.162. The number of rotatable bonds is 4. The second kappa shape index (κ2) is 6.60. The summed E-state index contributed by atoms with van der Waals surface area (Å²) in [7, 11) is 0. The van der Waals surface area contributed by atoms with E-state index in [0.717, 1.165) is 24.0 Å². The molecule has 0 saturated heterocycles. The molecule has 0 atom stereocenters. The van der Waals surface area contributed by atoms with Gasteiger partial charge in [-0.3, -0.25) is 4.79 Å². The first kappa shape index (κ1) is 16.4. The lowest BCUT2D eigenvalue weighted by Crippen LogP contribution is -2.16. The van der Waals surface area contributed by atoms with Crippen molar-refractivity contribution in [2.24, 2.45) is 5.41 Å². The lowest BCUT2D eigenvalue weighted by Gasteiger charge is -2.31. The van der Waals surface area contributed by atoms with Crippen molar-refractivity contribution < 1.29 is 4.79 Å². The summed E-state index contributed by atoms with van der Waals surface area (Å²) in [6, 6.07) is 17.9. The smallest absolute Gasteiger partial charge is 0.167 e. The van der Waals surface area contributed by atoms with Gasteiger partial charge in [0.05, 0.1) is 0 Å². The Kier molecular flexibility index (Phi) is 4.53. The van der Waals surface area contributed by atoms with Crippen LogP contribution < -0.4 is 0 Å². The summed E-state index contributed by atoms with van der Waals surface area (Å²) < 4.78 is 0. The van der Waals surface area contributed by atoms with Crippen molar-refractivity contribution in [1.29, 1.82) is 0 Å². The SMILES string of the molecule is C=C1C=C(c2ccc(C(=O)Cc3ccccc3)cc2)CC(C)(C)C1. The Morgan fingerprint density at radius 1 is 1.00 bits per heavy atom. The topological polar surface area (TPSA) is 17.1 Å². The molecule has 0 spiro atoms. The Morgan fingerprint density at radius 2 is 1.67 bits per heavy atom. The van der Waals surface area contributed by atoms with Gasteiger partial charge in [0.2, 0.25) is 0 Å². The predicted octanol–water partition coefficient (Wildman–Crippen LogP) is 5.87. The van der Waals surface area contributed by atoms with Gasteiger partial charge >= 0.3 is 0 Å². The zero-order chi connectivity index (χ0) is 17.2. The van der Waals surface area contributed by atoms with E-state index < -0.39 is 0 Å². The van der Waals surface area contributed by atoms with E-state index in [4.69, 9.17) is 0 Å². The fourth-order valence-electron chi connectivity index (χ4n) is 3.48. The van der Waals surface area contributed by atoms with Gasteiger partial charge in [-0.25, -0.2) is 0 Å². The maximum absolute atomic E-state index is 12.4. The molecule has 0 saturated carbocycles. The third-order valence-electron chi connectivity index (χ3n) is 4.54. The van der Waals surface area contributed by atoms with E-state index in [1.165, 1.54) is 16.7 Å². The number of benzene rings is 2. The molecular weight excluding hydrogens is 292 g/mol. The van der Waals surface area contributed by atoms with Crippen LogP contribution in [0.5, 0.6) is 0 Å². The van der Waals surface area contributed by atoms with Crippen LogP contribution in [0.2, 0.25) is 0 Å². The van der Waals surface area contributed by atoms with Crippen molar-refractivity contribution >= 4 is 11.4 Å². The molecule has 1 heteroatoms. The average Bonchev–Trinajstić information content (AvgIpc) is 2.54. The lowest BCUT2D eigenvalue weighted by molar-refractivity contribution is 0.0993. The van der Waals surface area contributed by atoms with Crippen LogP contribution in [0.4, 0.5) is 0 Å². The molecule has 2 aromatic carbocycles. The highest BCUT2D eigenvalue weighted by molar-refractivity contribution is 5.97. The molecule has 0 unspecified atom stereocenters. The van der Waals surface area contributed by atoms with Gasteiger partial charge in [0.25, 0.3) is 0 Å². The first-order chi connectivity index (χ1) is 11.4. The molecule has 122 valence electrons. The monoisotopic (exact) mass is 316 g/mol. The van der Waals surface area contributed by atoms with Crippen molar-refractivity contribution in [3.8, 4) is 0 Å². The van der Waals surface area contributed by atoms with Crippen molar-refractivity contribution in [2.75, 3.05) is 0 Å². The molecule has 2 aromatic rings. The minimum Gasteiger partial charge on any atom is -0.294 e. The molecule has 1 aliphatic rings. The first-order valence-corrected chi connectivity index (χ1v) is 8.49. The molecule has 0 aromatic heterocycles. The van der Waals surface area contributed by atoms with E-state index >= 15 is 0 Å². The van der Waals surface area contributed by atoms with Crippen LogP contribution in [0.15, 0.2) is 72.8 Å². The molecule has 0 bridgehead atoms. The third kappa shape index (κ3) is 3.91. The van der Waals surface area contributed by atoms with Gasteiger partial charge < -0.3 is 0 Å². The number of hydrogen-bond acceptors (Lipinski definition) is 1. The molecule has 0 N–H and O–H groups in total. The maximum Gasteiger partial charge on any atom is 0.167 e. The summed E-state index contributed by atoms with van der Waals surface area (Å²) >= 11 is 0. The van der Waals surface area contributed by atoms with E-state index in [2.05, 4.69) is 38.6 Å². The van der Waals surface area contributed by atoms with E-state index in [9.17, 15) is 4.79 Å². The number of ketones is 1. The van der Waals surface area contributed by atoms with E-state index in [0.29, 0.717) is 6.42 Å². The van der Waals surface area contributed by atoms with Crippen LogP contribution >= 0.6 is 0 Å². The van der Waals surface area contributed by atoms with Crippen LogP contribution in [-0.4, -0.2) is 5.78 Å². The Morgan fingerprint density at radius 3 is 2.29 bits per heavy atom. The standard InChI is InChI=1S/C23H24O/c1-17-13-21(16-23(2,3)15-17)19-9-11-20(12-10-19)22(24)14-18-7-5-4-6-8-18/h4-13H,1,14-16H2,2-3H3. The molecule has 0 fully saturated rings. The van der Waals surface area contributed by atoms with Crippen LogP contribution in [0, 0.1) is 5.41 Å². The van der Waals surface area contributed by atoms with Gasteiger partial charge in [0.15, 0.2) is 5.78 Å². The Labute approximate surface area is 144 Å². The van der Waals surface area contributed by atoms with Crippen molar-refractivity contribution in [3.63, 3.8) is 0 Å². The van der Waals surface area contributed by atoms with Crippen LogP contribution in [0.3, 0.4) is 0 Å². The van der Waals surface area contributed by atoms with Crippen LogP contribution in [0.25, 0.3) is 5.57 Å². The molecule has 0 radical (unpaired) electrons. The number of Topliss-reactive ketones (excluding diaryl/α,β-unsaturated/α-hetero) is 1. The molecule has 24 heavy (non-hydrogen) atoms. The Hall–Kier alpha value is -2.41. The second-order valence-corrected chi connectivity index (χ2v) is 7.51. The number of allylic oxidation sites excluding steroid dienone is 3. The highest BCUT2D eigenvalue weighted by atomic mass is 16.1. The number of carbonyl (C=O) groups excluding carboxylic acids is 1. The molecular formula is C23H24O. The lowest BCUT2D eigenvalue weighted by atomic mass is 9.74. The van der Waals surface area contributed by atoms with Crippen LogP contribution in [-0.2, 0) is 6.42 Å². The molecule has 0 amide bonds. The summed E-state index contributed by atoms with van der Waals surface area (Å²) in [6.07, 6.45) is 4.74. The van der Waals surface area contributed by atoms with E-state index in [1.54, 1.807) is 0 Å². The summed E-state index contributed by atoms with van der Waals surface area (Å²) in [6.45, 7) is 8.71. The summed E-state index contributed by atoms with van der Waals surface area (Å²) in [4.78, 5) is 12.4. The van der Waals surface area contributed by atoms with Gasteiger partial charge in [-0.05, 0) is 35.0 Å². The largest absolute Gasteiger partial charge is 0.294 e.